The topological polar surface area (TPSA) is 3.24 Å². The molecule has 1 nitrogen and oxygen atoms in total. The summed E-state index contributed by atoms with van der Waals surface area (Å²) in [6.07, 6.45) is 0. The summed E-state index contributed by atoms with van der Waals surface area (Å²) in [6.45, 7) is 0. The Hall–Kier alpha value is -8.78. The molecular weight excluding hydrogens is 819 g/mol. The zero-order valence-electron chi connectivity index (χ0n) is 37.4. The number of rotatable bonds is 8. The number of hydrogen-bond donors (Lipinski definition) is 0. The molecule has 0 saturated heterocycles. The lowest BCUT2D eigenvalue weighted by Gasteiger charge is -2.35. The van der Waals surface area contributed by atoms with Gasteiger partial charge in [0.2, 0.25) is 0 Å². The Bertz CT molecular complexity index is 3800. The van der Waals surface area contributed by atoms with Crippen LogP contribution in [0.4, 0.5) is 17.1 Å². The molecular formula is C67H45N. The van der Waals surface area contributed by atoms with Gasteiger partial charge in [-0.3, -0.25) is 0 Å². The highest BCUT2D eigenvalue weighted by Crippen LogP contribution is 2.61. The molecule has 12 aromatic rings. The van der Waals surface area contributed by atoms with Gasteiger partial charge in [0.1, 0.15) is 0 Å². The molecule has 0 heterocycles. The molecule has 13 rings (SSSR count). The average Bonchev–Trinajstić information content (AvgIpc) is 3.73. The van der Waals surface area contributed by atoms with Crippen LogP contribution in [0.5, 0.6) is 0 Å². The monoisotopic (exact) mass is 863 g/mol. The van der Waals surface area contributed by atoms with E-state index < -0.39 is 5.41 Å². The maximum atomic E-state index is 2.59. The quantitative estimate of drug-likeness (QED) is 0.138. The zero-order chi connectivity index (χ0) is 45.0. The second kappa shape index (κ2) is 16.3. The maximum Gasteiger partial charge on any atom is 0.0714 e. The first-order valence-corrected chi connectivity index (χ1v) is 23.6. The highest BCUT2D eigenvalue weighted by atomic mass is 15.2. The Balaban J connectivity index is 1.14. The van der Waals surface area contributed by atoms with E-state index in [0.29, 0.717) is 0 Å². The Labute approximate surface area is 397 Å². The minimum Gasteiger partial charge on any atom is -0.309 e. The van der Waals surface area contributed by atoms with Crippen molar-refractivity contribution in [2.75, 3.05) is 4.90 Å². The van der Waals surface area contributed by atoms with Crippen molar-refractivity contribution in [2.24, 2.45) is 0 Å². The van der Waals surface area contributed by atoms with E-state index in [1.807, 2.05) is 0 Å². The van der Waals surface area contributed by atoms with Crippen LogP contribution in [-0.2, 0) is 5.41 Å². The number of hydrogen-bond acceptors (Lipinski definition) is 1. The number of fused-ring (bicyclic) bond motifs is 7. The molecule has 1 aliphatic carbocycles. The molecule has 0 aromatic heterocycles. The molecule has 1 aliphatic rings. The fraction of sp³-hybridized carbons (Fsp3) is 0.0149. The van der Waals surface area contributed by atoms with E-state index in [2.05, 4.69) is 278 Å². The molecule has 0 unspecified atom stereocenters. The van der Waals surface area contributed by atoms with Gasteiger partial charge >= 0.3 is 0 Å². The summed E-state index contributed by atoms with van der Waals surface area (Å²) in [4.78, 5) is 2.59. The molecule has 0 spiro atoms. The van der Waals surface area contributed by atoms with Gasteiger partial charge in [-0.1, -0.05) is 243 Å². The number of nitrogens with zero attached hydrogens (tertiary/aromatic N) is 1. The van der Waals surface area contributed by atoms with E-state index in [0.717, 1.165) is 17.1 Å². The predicted octanol–water partition coefficient (Wildman–Crippen LogP) is 18.0. The number of anilines is 3. The van der Waals surface area contributed by atoms with E-state index in [1.165, 1.54) is 99.1 Å². The highest BCUT2D eigenvalue weighted by molar-refractivity contribution is 6.23. The molecule has 0 atom stereocenters. The Kier molecular flexibility index (Phi) is 9.47. The normalized spacial score (nSPS) is 12.5. The van der Waals surface area contributed by atoms with Crippen LogP contribution in [0.3, 0.4) is 0 Å². The van der Waals surface area contributed by atoms with Gasteiger partial charge in [-0.2, -0.15) is 0 Å². The Morgan fingerprint density at radius 1 is 0.279 bits per heavy atom. The molecule has 0 N–H and O–H groups in total. The van der Waals surface area contributed by atoms with Gasteiger partial charge < -0.3 is 4.90 Å². The van der Waals surface area contributed by atoms with Gasteiger partial charge in [-0.25, -0.2) is 0 Å². The predicted molar refractivity (Wildman–Crippen MR) is 287 cm³/mol. The fourth-order valence-corrected chi connectivity index (χ4v) is 11.4. The van der Waals surface area contributed by atoms with Gasteiger partial charge in [0, 0.05) is 22.2 Å². The van der Waals surface area contributed by atoms with E-state index in [-0.39, 0.29) is 0 Å². The molecule has 1 heteroatoms. The summed E-state index contributed by atoms with van der Waals surface area (Å²) in [5.74, 6) is 0. The van der Waals surface area contributed by atoms with Crippen LogP contribution in [0, 0.1) is 0 Å². The van der Waals surface area contributed by atoms with Crippen molar-refractivity contribution in [3.05, 3.63) is 295 Å². The molecule has 0 radical (unpaired) electrons. The Morgan fingerprint density at radius 3 is 1.49 bits per heavy atom. The minimum absolute atomic E-state index is 0.559. The van der Waals surface area contributed by atoms with Gasteiger partial charge in [0.05, 0.1) is 16.8 Å². The molecule has 12 aromatic carbocycles. The van der Waals surface area contributed by atoms with Crippen LogP contribution < -0.4 is 4.90 Å². The van der Waals surface area contributed by atoms with Gasteiger partial charge in [-0.05, 0) is 113 Å². The smallest absolute Gasteiger partial charge is 0.0714 e. The summed E-state index contributed by atoms with van der Waals surface area (Å²) in [6, 6.07) is 101. The third-order valence-electron chi connectivity index (χ3n) is 14.3. The second-order valence-corrected chi connectivity index (χ2v) is 17.9. The Morgan fingerprint density at radius 2 is 0.779 bits per heavy atom. The van der Waals surface area contributed by atoms with E-state index in [1.54, 1.807) is 0 Å². The summed E-state index contributed by atoms with van der Waals surface area (Å²) < 4.78 is 0. The number of benzene rings is 12. The van der Waals surface area contributed by atoms with Crippen molar-refractivity contribution in [2.45, 2.75) is 5.41 Å². The van der Waals surface area contributed by atoms with E-state index in [4.69, 9.17) is 0 Å². The van der Waals surface area contributed by atoms with E-state index >= 15 is 0 Å². The molecule has 0 saturated carbocycles. The average molecular weight is 864 g/mol. The molecule has 318 valence electrons. The van der Waals surface area contributed by atoms with Crippen LogP contribution in [0.25, 0.3) is 76.8 Å². The van der Waals surface area contributed by atoms with Crippen molar-refractivity contribution >= 4 is 49.4 Å². The summed E-state index contributed by atoms with van der Waals surface area (Å²) in [5, 5.41) is 7.30. The van der Waals surface area contributed by atoms with Crippen molar-refractivity contribution in [3.63, 3.8) is 0 Å². The largest absolute Gasteiger partial charge is 0.309 e. The van der Waals surface area contributed by atoms with Gasteiger partial charge in [-0.15, -0.1) is 0 Å². The molecule has 0 fully saturated rings. The second-order valence-electron chi connectivity index (χ2n) is 17.9. The SMILES string of the molecule is c1ccc(-c2cccc(-c3ccc(N(c4cccc5c4-c4ccccc4C5(c4ccccc4)c4ccccc4)c4c(-c5ccc6ccccc6c5)c5ccccc5c5ccccc45)cc3)c2)cc1. The zero-order valence-corrected chi connectivity index (χ0v) is 37.4. The maximum absolute atomic E-state index is 2.59. The molecule has 68 heavy (non-hydrogen) atoms. The summed E-state index contributed by atoms with van der Waals surface area (Å²) >= 11 is 0. The van der Waals surface area contributed by atoms with E-state index in [9.17, 15) is 0 Å². The van der Waals surface area contributed by atoms with Gasteiger partial charge in [0.25, 0.3) is 0 Å². The third kappa shape index (κ3) is 6.24. The highest BCUT2D eigenvalue weighted by Gasteiger charge is 2.47. The fourth-order valence-electron chi connectivity index (χ4n) is 11.4. The lowest BCUT2D eigenvalue weighted by atomic mass is 9.68. The van der Waals surface area contributed by atoms with Crippen LogP contribution in [0.15, 0.2) is 273 Å². The third-order valence-corrected chi connectivity index (χ3v) is 14.3. The van der Waals surface area contributed by atoms with Crippen LogP contribution in [0.2, 0.25) is 0 Å². The molecule has 0 amide bonds. The van der Waals surface area contributed by atoms with Crippen molar-refractivity contribution in [1.82, 2.24) is 0 Å². The summed E-state index contributed by atoms with van der Waals surface area (Å²) in [7, 11) is 0. The van der Waals surface area contributed by atoms with Crippen LogP contribution in [0.1, 0.15) is 22.3 Å². The molecule has 0 aliphatic heterocycles. The van der Waals surface area contributed by atoms with Gasteiger partial charge in [0.15, 0.2) is 0 Å². The first-order valence-electron chi connectivity index (χ1n) is 23.6. The molecule has 0 bridgehead atoms. The first-order chi connectivity index (χ1) is 33.8. The first kappa shape index (κ1) is 39.6. The minimum atomic E-state index is -0.559. The standard InChI is InChI=1S/C67H45N/c1-4-20-46(21-5-1)50-24-18-25-51(44-50)48-40-42-55(43-41-48)68(66-59-33-15-13-31-57(59)56-30-12-14-32-58(56)64(66)52-39-38-47-22-10-11-23-49(47)45-52)63-37-19-36-62-65(63)60-34-16-17-35-61(60)67(62,53-26-6-2-7-27-53)54-28-8-3-9-29-54/h1-45H. The van der Waals surface area contributed by atoms with Crippen molar-refractivity contribution in [3.8, 4) is 44.5 Å². The lowest BCUT2D eigenvalue weighted by Crippen LogP contribution is -2.28. The van der Waals surface area contributed by atoms with Crippen molar-refractivity contribution < 1.29 is 0 Å². The van der Waals surface area contributed by atoms with Crippen LogP contribution in [-0.4, -0.2) is 0 Å². The lowest BCUT2D eigenvalue weighted by molar-refractivity contribution is 0.768. The van der Waals surface area contributed by atoms with Crippen LogP contribution >= 0.6 is 0 Å². The summed E-state index contributed by atoms with van der Waals surface area (Å²) in [5.41, 5.74) is 17.5. The van der Waals surface area contributed by atoms with Crippen molar-refractivity contribution in [1.29, 1.82) is 0 Å².